The van der Waals surface area contributed by atoms with E-state index in [4.69, 9.17) is 9.72 Å². The van der Waals surface area contributed by atoms with E-state index in [0.29, 0.717) is 28.4 Å². The molecule has 0 bridgehead atoms. The normalized spacial score (nSPS) is 12.5. The Balaban J connectivity index is 1.58. The average molecular weight is 521 g/mol. The zero-order valence-corrected chi connectivity index (χ0v) is 20.4. The van der Waals surface area contributed by atoms with E-state index < -0.39 is 0 Å². The molecule has 5 nitrogen and oxygen atoms in total. The molecule has 2 aromatic heterocycles. The number of ether oxygens (including phenoxy) is 1. The van der Waals surface area contributed by atoms with E-state index in [0.717, 1.165) is 50.6 Å². The Labute approximate surface area is 203 Å². The van der Waals surface area contributed by atoms with Gasteiger partial charge in [-0.1, -0.05) is 46.3 Å². The van der Waals surface area contributed by atoms with Crippen molar-refractivity contribution >= 4 is 55.0 Å². The lowest BCUT2D eigenvalue weighted by Crippen LogP contribution is -2.16. The zero-order valence-electron chi connectivity index (χ0n) is 18.0. The number of halogens is 1. The zero-order chi connectivity index (χ0) is 22.9. The highest BCUT2D eigenvalue weighted by Crippen LogP contribution is 2.40. The molecule has 1 aliphatic carbocycles. The summed E-state index contributed by atoms with van der Waals surface area (Å²) in [6.45, 7) is 2.08. The number of aromatic nitrogens is 1. The van der Waals surface area contributed by atoms with Gasteiger partial charge >= 0.3 is 5.97 Å². The minimum atomic E-state index is -0.374. The van der Waals surface area contributed by atoms with Gasteiger partial charge in [0.1, 0.15) is 5.00 Å². The summed E-state index contributed by atoms with van der Waals surface area (Å²) in [4.78, 5) is 32.2. The Kier molecular flexibility index (Phi) is 6.00. The third-order valence-corrected chi connectivity index (χ3v) is 7.41. The van der Waals surface area contributed by atoms with E-state index >= 15 is 0 Å². The lowest BCUT2D eigenvalue weighted by molar-refractivity contribution is 0.0527. The smallest absolute Gasteiger partial charge is 0.341 e. The van der Waals surface area contributed by atoms with Crippen LogP contribution in [-0.2, 0) is 17.6 Å². The first-order valence-electron chi connectivity index (χ1n) is 10.8. The van der Waals surface area contributed by atoms with Gasteiger partial charge < -0.3 is 10.1 Å². The number of amides is 1. The highest BCUT2D eigenvalue weighted by Gasteiger charge is 2.29. The number of pyridine rings is 1. The van der Waals surface area contributed by atoms with Gasteiger partial charge in [0.15, 0.2) is 0 Å². The number of esters is 1. The summed E-state index contributed by atoms with van der Waals surface area (Å²) in [5, 5.41) is 4.34. The van der Waals surface area contributed by atoms with Gasteiger partial charge in [0.2, 0.25) is 0 Å². The molecule has 0 atom stereocenters. The van der Waals surface area contributed by atoms with Gasteiger partial charge in [0.05, 0.1) is 28.9 Å². The van der Waals surface area contributed by atoms with Crippen LogP contribution < -0.4 is 5.32 Å². The van der Waals surface area contributed by atoms with Crippen LogP contribution in [0.3, 0.4) is 0 Å². The topological polar surface area (TPSA) is 68.3 Å². The van der Waals surface area contributed by atoms with Crippen LogP contribution in [0.25, 0.3) is 22.2 Å². The maximum Gasteiger partial charge on any atom is 0.341 e. The van der Waals surface area contributed by atoms with E-state index in [1.807, 2.05) is 54.6 Å². The number of nitrogens with one attached hydrogen (secondary N) is 1. The van der Waals surface area contributed by atoms with Crippen LogP contribution in [0.1, 0.15) is 44.5 Å². The average Bonchev–Trinajstić information content (AvgIpc) is 3.39. The van der Waals surface area contributed by atoms with Crippen molar-refractivity contribution in [3.8, 4) is 11.3 Å². The molecule has 2 heterocycles. The monoisotopic (exact) mass is 520 g/mol. The predicted octanol–water partition coefficient (Wildman–Crippen LogP) is 6.64. The van der Waals surface area contributed by atoms with E-state index in [9.17, 15) is 9.59 Å². The van der Waals surface area contributed by atoms with Crippen molar-refractivity contribution in [2.24, 2.45) is 0 Å². The Morgan fingerprint density at radius 3 is 2.79 bits per heavy atom. The number of aryl methyl sites for hydroxylation is 1. The number of para-hydroxylation sites is 1. The Bertz CT molecular complexity index is 1400. The second-order valence-corrected chi connectivity index (χ2v) is 9.84. The second kappa shape index (κ2) is 9.08. The number of hydrogen-bond acceptors (Lipinski definition) is 5. The fourth-order valence-electron chi connectivity index (χ4n) is 4.24. The molecule has 2 aromatic carbocycles. The van der Waals surface area contributed by atoms with Crippen LogP contribution in [0.15, 0.2) is 59.1 Å². The number of anilines is 1. The largest absolute Gasteiger partial charge is 0.462 e. The van der Waals surface area contributed by atoms with E-state index in [1.54, 1.807) is 6.92 Å². The molecular weight excluding hydrogens is 500 g/mol. The molecule has 0 fully saturated rings. The third kappa shape index (κ3) is 4.18. The molecule has 0 saturated carbocycles. The van der Waals surface area contributed by atoms with Gasteiger partial charge in [0, 0.05) is 20.3 Å². The summed E-state index contributed by atoms with van der Waals surface area (Å²) >= 11 is 4.99. The first kappa shape index (κ1) is 21.8. The molecule has 4 aromatic rings. The van der Waals surface area contributed by atoms with Crippen LogP contribution in [-0.4, -0.2) is 23.5 Å². The minimum Gasteiger partial charge on any atom is -0.462 e. The standard InChI is InChI=1S/C26H21BrN2O3S/c1-2-32-26(31)23-18-10-6-12-22(18)33-25(23)29-24(30)19-14-21(15-7-5-8-16(27)13-15)28-20-11-4-3-9-17(19)20/h3-5,7-9,11,13-14H,2,6,10,12H2,1H3,(H,29,30). The van der Waals surface area contributed by atoms with Crippen LogP contribution in [0.4, 0.5) is 5.00 Å². The summed E-state index contributed by atoms with van der Waals surface area (Å²) in [5.74, 6) is -0.642. The summed E-state index contributed by atoms with van der Waals surface area (Å²) in [7, 11) is 0. The molecule has 1 N–H and O–H groups in total. The number of nitrogens with zero attached hydrogens (tertiary/aromatic N) is 1. The van der Waals surface area contributed by atoms with E-state index in [1.165, 1.54) is 11.3 Å². The molecule has 0 radical (unpaired) electrons. The van der Waals surface area contributed by atoms with Crippen LogP contribution >= 0.6 is 27.3 Å². The highest BCUT2D eigenvalue weighted by atomic mass is 79.9. The van der Waals surface area contributed by atoms with E-state index in [2.05, 4.69) is 21.2 Å². The molecular formula is C26H21BrN2O3S. The highest BCUT2D eigenvalue weighted by molar-refractivity contribution is 9.10. The maximum atomic E-state index is 13.5. The van der Waals surface area contributed by atoms with Crippen LogP contribution in [0.5, 0.6) is 0 Å². The van der Waals surface area contributed by atoms with Crippen molar-refractivity contribution in [1.82, 2.24) is 4.98 Å². The van der Waals surface area contributed by atoms with E-state index in [-0.39, 0.29) is 11.9 Å². The lowest BCUT2D eigenvalue weighted by atomic mass is 10.0. The van der Waals surface area contributed by atoms with Gasteiger partial charge in [-0.05, 0) is 56.0 Å². The molecule has 33 heavy (non-hydrogen) atoms. The first-order valence-corrected chi connectivity index (χ1v) is 12.4. The summed E-state index contributed by atoms with van der Waals surface area (Å²) in [6.07, 6.45) is 2.78. The van der Waals surface area contributed by atoms with Gasteiger partial charge in [-0.3, -0.25) is 4.79 Å². The molecule has 166 valence electrons. The Morgan fingerprint density at radius 2 is 1.97 bits per heavy atom. The third-order valence-electron chi connectivity index (χ3n) is 5.71. The SMILES string of the molecule is CCOC(=O)c1c(NC(=O)c2cc(-c3cccc(Br)c3)nc3ccccc23)sc2c1CCC2. The summed E-state index contributed by atoms with van der Waals surface area (Å²) in [6, 6.07) is 17.2. The number of carbonyl (C=O) groups is 2. The predicted molar refractivity (Wildman–Crippen MR) is 135 cm³/mol. The van der Waals surface area contributed by atoms with Gasteiger partial charge in [0.25, 0.3) is 5.91 Å². The van der Waals surface area contributed by atoms with Crippen molar-refractivity contribution in [1.29, 1.82) is 0 Å². The van der Waals surface area contributed by atoms with Crippen molar-refractivity contribution < 1.29 is 14.3 Å². The van der Waals surface area contributed by atoms with Gasteiger partial charge in [-0.25, -0.2) is 9.78 Å². The molecule has 5 rings (SSSR count). The number of carbonyl (C=O) groups excluding carboxylic acids is 2. The number of rotatable bonds is 5. The van der Waals surface area contributed by atoms with Crippen molar-refractivity contribution in [3.63, 3.8) is 0 Å². The number of thiophene rings is 1. The number of fused-ring (bicyclic) bond motifs is 2. The van der Waals surface area contributed by atoms with Crippen LogP contribution in [0, 0.1) is 0 Å². The van der Waals surface area contributed by atoms with Gasteiger partial charge in [-0.15, -0.1) is 11.3 Å². The van der Waals surface area contributed by atoms with Gasteiger partial charge in [-0.2, -0.15) is 0 Å². The second-order valence-electron chi connectivity index (χ2n) is 7.82. The van der Waals surface area contributed by atoms with Crippen molar-refractivity contribution in [3.05, 3.63) is 80.6 Å². The maximum absolute atomic E-state index is 13.5. The summed E-state index contributed by atoms with van der Waals surface area (Å²) < 4.78 is 6.24. The molecule has 0 spiro atoms. The quantitative estimate of drug-likeness (QED) is 0.299. The number of hydrogen-bond donors (Lipinski definition) is 1. The minimum absolute atomic E-state index is 0.268. The van der Waals surface area contributed by atoms with Crippen LogP contribution in [0.2, 0.25) is 0 Å². The molecule has 1 amide bonds. The fourth-order valence-corrected chi connectivity index (χ4v) is 5.91. The fraction of sp³-hybridized carbons (Fsp3) is 0.192. The molecule has 1 aliphatic rings. The molecule has 0 unspecified atom stereocenters. The lowest BCUT2D eigenvalue weighted by Gasteiger charge is -2.12. The molecule has 0 aliphatic heterocycles. The first-order chi connectivity index (χ1) is 16.0. The Hall–Kier alpha value is -3.03. The summed E-state index contributed by atoms with van der Waals surface area (Å²) in [5.41, 5.74) is 4.39. The van der Waals surface area contributed by atoms with Crippen molar-refractivity contribution in [2.45, 2.75) is 26.2 Å². The Morgan fingerprint density at radius 1 is 1.12 bits per heavy atom. The number of benzene rings is 2. The van der Waals surface area contributed by atoms with Crippen molar-refractivity contribution in [2.75, 3.05) is 11.9 Å². The molecule has 7 heteroatoms. The molecule has 0 saturated heterocycles.